The van der Waals surface area contributed by atoms with Gasteiger partial charge in [0, 0.05) is 0 Å². The summed E-state index contributed by atoms with van der Waals surface area (Å²) in [5, 5.41) is 12.1. The van der Waals surface area contributed by atoms with Crippen LogP contribution in [0.25, 0.3) is 5.65 Å². The molecule has 3 N–H and O–H groups in total. The molecule has 0 saturated heterocycles. The first-order valence-electron chi connectivity index (χ1n) is 6.50. The van der Waals surface area contributed by atoms with Crippen LogP contribution in [0.5, 0.6) is 0 Å². The molecule has 0 radical (unpaired) electrons. The minimum Gasteiger partial charge on any atom is -0.360 e. The van der Waals surface area contributed by atoms with E-state index in [1.807, 2.05) is 12.1 Å². The van der Waals surface area contributed by atoms with Crippen LogP contribution in [0, 0.1) is 0 Å². The molecule has 0 spiro atoms. The van der Waals surface area contributed by atoms with Crippen LogP contribution in [0.2, 0.25) is 5.15 Å². The van der Waals surface area contributed by atoms with Crippen LogP contribution in [0.3, 0.4) is 0 Å². The van der Waals surface area contributed by atoms with E-state index in [1.54, 1.807) is 15.9 Å². The number of imidazole rings is 1. The second kappa shape index (κ2) is 6.58. The Morgan fingerprint density at radius 3 is 3.00 bits per heavy atom. The number of nitrogens with zero attached hydrogens (tertiary/aromatic N) is 2. The average molecular weight is 297 g/mol. The van der Waals surface area contributed by atoms with Crippen molar-refractivity contribution in [3.05, 3.63) is 29.0 Å². The zero-order valence-electron chi connectivity index (χ0n) is 11.2. The number of hydrogen-bond donors (Lipinski definition) is 3. The Bertz CT molecular complexity index is 612. The monoisotopic (exact) mass is 296 g/mol. The van der Waals surface area contributed by atoms with E-state index in [0.29, 0.717) is 11.0 Å². The van der Waals surface area contributed by atoms with Gasteiger partial charge in [0.1, 0.15) is 16.6 Å². The lowest BCUT2D eigenvalue weighted by molar-refractivity contribution is -0.127. The fraction of sp³-hybridized carbons (Fsp3) is 0.385. The molecule has 0 aliphatic carbocycles. The fourth-order valence-electron chi connectivity index (χ4n) is 2.00. The summed E-state index contributed by atoms with van der Waals surface area (Å²) in [6.07, 6.45) is 2.86. The number of halogens is 1. The maximum atomic E-state index is 11.2. The third-order valence-corrected chi connectivity index (χ3v) is 3.27. The lowest BCUT2D eigenvalue weighted by Crippen LogP contribution is -2.27. The van der Waals surface area contributed by atoms with Gasteiger partial charge in [0.25, 0.3) is 5.91 Å². The van der Waals surface area contributed by atoms with Gasteiger partial charge in [-0.2, -0.15) is 0 Å². The number of hydrogen-bond acceptors (Lipinski definition) is 4. The molecule has 2 aromatic rings. The van der Waals surface area contributed by atoms with E-state index in [9.17, 15) is 4.79 Å². The van der Waals surface area contributed by atoms with Crippen molar-refractivity contribution in [2.24, 2.45) is 0 Å². The van der Waals surface area contributed by atoms with E-state index in [2.05, 4.69) is 17.2 Å². The number of anilines is 1. The van der Waals surface area contributed by atoms with Crippen LogP contribution in [0.1, 0.15) is 25.5 Å². The van der Waals surface area contributed by atoms with Crippen LogP contribution in [-0.2, 0) is 11.2 Å². The van der Waals surface area contributed by atoms with Crippen LogP contribution in [0.4, 0.5) is 5.82 Å². The summed E-state index contributed by atoms with van der Waals surface area (Å²) in [7, 11) is 0. The molecule has 0 bridgehead atoms. The molecule has 0 saturated carbocycles. The zero-order chi connectivity index (χ0) is 14.5. The first-order valence-corrected chi connectivity index (χ1v) is 6.87. The number of fused-ring (bicyclic) bond motifs is 1. The number of carbonyl (C=O) groups is 1. The van der Waals surface area contributed by atoms with Gasteiger partial charge in [-0.25, -0.2) is 10.5 Å². The molecule has 108 valence electrons. The van der Waals surface area contributed by atoms with E-state index in [-0.39, 0.29) is 6.54 Å². The number of hydroxylamine groups is 1. The van der Waals surface area contributed by atoms with Gasteiger partial charge in [-0.3, -0.25) is 14.4 Å². The van der Waals surface area contributed by atoms with Gasteiger partial charge in [0.05, 0.1) is 12.2 Å². The number of carbonyl (C=O) groups excluding carboxylic acids is 1. The summed E-state index contributed by atoms with van der Waals surface area (Å²) < 4.78 is 1.76. The predicted octanol–water partition coefficient (Wildman–Crippen LogP) is 2.25. The summed E-state index contributed by atoms with van der Waals surface area (Å²) in [5.41, 5.74) is 3.19. The van der Waals surface area contributed by atoms with E-state index in [1.165, 1.54) is 0 Å². The number of amides is 1. The van der Waals surface area contributed by atoms with Crippen molar-refractivity contribution in [2.75, 3.05) is 11.9 Å². The van der Waals surface area contributed by atoms with Crippen LogP contribution < -0.4 is 10.8 Å². The largest absolute Gasteiger partial charge is 0.360 e. The third-order valence-electron chi connectivity index (χ3n) is 2.98. The minimum absolute atomic E-state index is 0.0470. The van der Waals surface area contributed by atoms with Crippen molar-refractivity contribution in [3.8, 4) is 0 Å². The molecule has 0 atom stereocenters. The van der Waals surface area contributed by atoms with Gasteiger partial charge >= 0.3 is 0 Å². The summed E-state index contributed by atoms with van der Waals surface area (Å²) in [5.74, 6) is 0.177. The highest BCUT2D eigenvalue weighted by molar-refractivity contribution is 6.30. The summed E-state index contributed by atoms with van der Waals surface area (Å²) in [6.45, 7) is 2.06. The fourth-order valence-corrected chi connectivity index (χ4v) is 2.25. The molecule has 0 aromatic carbocycles. The van der Waals surface area contributed by atoms with Gasteiger partial charge in [-0.05, 0) is 25.0 Å². The number of nitrogens with one attached hydrogen (secondary N) is 2. The van der Waals surface area contributed by atoms with Gasteiger partial charge < -0.3 is 5.32 Å². The van der Waals surface area contributed by atoms with E-state index in [0.717, 1.165) is 30.6 Å². The molecule has 0 unspecified atom stereocenters. The Hall–Kier alpha value is -1.79. The van der Waals surface area contributed by atoms with Crippen molar-refractivity contribution in [3.63, 3.8) is 0 Å². The highest BCUT2D eigenvalue weighted by Crippen LogP contribution is 2.24. The first-order chi connectivity index (χ1) is 9.67. The molecular weight excluding hydrogens is 280 g/mol. The number of rotatable bonds is 6. The number of pyridine rings is 1. The highest BCUT2D eigenvalue weighted by Gasteiger charge is 2.14. The molecule has 0 fully saturated rings. The Morgan fingerprint density at radius 2 is 2.30 bits per heavy atom. The van der Waals surface area contributed by atoms with Crippen LogP contribution in [-0.4, -0.2) is 27.0 Å². The van der Waals surface area contributed by atoms with Crippen LogP contribution in [0.15, 0.2) is 18.2 Å². The molecule has 2 aromatic heterocycles. The average Bonchev–Trinajstić information content (AvgIpc) is 2.81. The van der Waals surface area contributed by atoms with Crippen LogP contribution >= 0.6 is 11.6 Å². The number of unbranched alkanes of at least 4 members (excludes halogenated alkanes) is 1. The predicted molar refractivity (Wildman–Crippen MR) is 77.2 cm³/mol. The van der Waals surface area contributed by atoms with E-state index >= 15 is 0 Å². The molecule has 0 aliphatic rings. The minimum atomic E-state index is -0.520. The number of aryl methyl sites for hydroxylation is 1. The molecule has 2 heterocycles. The maximum Gasteiger partial charge on any atom is 0.262 e. The van der Waals surface area contributed by atoms with Crippen molar-refractivity contribution in [1.29, 1.82) is 0 Å². The zero-order valence-corrected chi connectivity index (χ0v) is 11.9. The Labute approximate surface area is 121 Å². The second-order valence-electron chi connectivity index (χ2n) is 4.44. The van der Waals surface area contributed by atoms with Crippen molar-refractivity contribution in [1.82, 2.24) is 14.9 Å². The Kier molecular flexibility index (Phi) is 4.81. The molecule has 6 nitrogen and oxygen atoms in total. The molecule has 0 aliphatic heterocycles. The van der Waals surface area contributed by atoms with Gasteiger partial charge in [0.2, 0.25) is 0 Å². The quantitative estimate of drug-likeness (QED) is 0.434. The van der Waals surface area contributed by atoms with Crippen molar-refractivity contribution >= 4 is 29.0 Å². The molecule has 2 rings (SSSR count). The molecule has 20 heavy (non-hydrogen) atoms. The standard InChI is InChI=1S/C13H17ClN4O2/c1-2-3-5-9-13(15-8-12(19)17-20)18-10(14)6-4-7-11(18)16-9/h4,6-7,15,20H,2-3,5,8H2,1H3,(H,17,19). The van der Waals surface area contributed by atoms with Crippen molar-refractivity contribution < 1.29 is 10.0 Å². The summed E-state index contributed by atoms with van der Waals surface area (Å²) in [6, 6.07) is 5.45. The molecule has 1 amide bonds. The Balaban J connectivity index is 2.37. The van der Waals surface area contributed by atoms with Gasteiger partial charge in [-0.15, -0.1) is 0 Å². The van der Waals surface area contributed by atoms with Gasteiger partial charge in [0.15, 0.2) is 0 Å². The normalized spacial score (nSPS) is 10.8. The van der Waals surface area contributed by atoms with Gasteiger partial charge in [-0.1, -0.05) is 31.0 Å². The molecule has 7 heteroatoms. The first kappa shape index (κ1) is 14.6. The Morgan fingerprint density at radius 1 is 1.50 bits per heavy atom. The highest BCUT2D eigenvalue weighted by atomic mass is 35.5. The second-order valence-corrected chi connectivity index (χ2v) is 4.83. The lowest BCUT2D eigenvalue weighted by Gasteiger charge is -2.08. The summed E-state index contributed by atoms with van der Waals surface area (Å²) in [4.78, 5) is 15.7. The smallest absolute Gasteiger partial charge is 0.262 e. The number of aromatic nitrogens is 2. The molecular formula is C13H17ClN4O2. The lowest BCUT2D eigenvalue weighted by atomic mass is 10.2. The maximum absolute atomic E-state index is 11.2. The van der Waals surface area contributed by atoms with E-state index in [4.69, 9.17) is 16.8 Å². The SMILES string of the molecule is CCCCc1nc2cccc(Cl)n2c1NCC(=O)NO. The summed E-state index contributed by atoms with van der Waals surface area (Å²) >= 11 is 6.19. The topological polar surface area (TPSA) is 78.7 Å². The third kappa shape index (κ3) is 3.02. The van der Waals surface area contributed by atoms with Crippen molar-refractivity contribution in [2.45, 2.75) is 26.2 Å². The van der Waals surface area contributed by atoms with E-state index < -0.39 is 5.91 Å².